The van der Waals surface area contributed by atoms with Crippen molar-refractivity contribution in [2.45, 2.75) is 25.4 Å². The topological polar surface area (TPSA) is 22.1 Å². The highest BCUT2D eigenvalue weighted by atomic mass is 79.9. The zero-order valence-electron chi connectivity index (χ0n) is 9.97. The number of ether oxygens (including phenoxy) is 1. The fraction of sp³-hybridized carbons (Fsp3) is 0.267. The van der Waals surface area contributed by atoms with Crippen LogP contribution in [0.3, 0.4) is 0 Å². The Morgan fingerprint density at radius 2 is 1.89 bits per heavy atom. The third-order valence-corrected chi connectivity index (χ3v) is 3.55. The van der Waals surface area contributed by atoms with Gasteiger partial charge in [0.15, 0.2) is 0 Å². The molecular weight excluding hydrogens is 290 g/mol. The summed E-state index contributed by atoms with van der Waals surface area (Å²) in [7, 11) is 0. The van der Waals surface area contributed by atoms with E-state index in [0.29, 0.717) is 12.5 Å². The van der Waals surface area contributed by atoms with Crippen molar-refractivity contribution in [1.29, 1.82) is 0 Å². The molecule has 0 N–H and O–H groups in total. The van der Waals surface area contributed by atoms with Crippen LogP contribution in [0.25, 0.3) is 0 Å². The van der Waals surface area contributed by atoms with E-state index in [1.165, 1.54) is 24.0 Å². The number of hydrogen-bond acceptors (Lipinski definition) is 2. The Labute approximate surface area is 115 Å². The Hall–Kier alpha value is -1.35. The monoisotopic (exact) mass is 303 g/mol. The molecule has 0 saturated heterocycles. The molecule has 1 aromatic heterocycles. The Balaban J connectivity index is 1.62. The van der Waals surface area contributed by atoms with E-state index in [1.54, 1.807) is 0 Å². The van der Waals surface area contributed by atoms with Gasteiger partial charge in [0.05, 0.1) is 0 Å². The summed E-state index contributed by atoms with van der Waals surface area (Å²) in [6.45, 7) is 0.564. The van der Waals surface area contributed by atoms with Gasteiger partial charge in [-0.05, 0) is 51.9 Å². The molecule has 3 rings (SSSR count). The second-order valence-corrected chi connectivity index (χ2v) is 5.42. The first-order chi connectivity index (χ1) is 8.81. The lowest BCUT2D eigenvalue weighted by molar-refractivity contribution is 0.293. The van der Waals surface area contributed by atoms with Crippen molar-refractivity contribution in [1.82, 2.24) is 4.98 Å². The lowest BCUT2D eigenvalue weighted by Crippen LogP contribution is -1.97. The van der Waals surface area contributed by atoms with Crippen LogP contribution < -0.4 is 4.74 Å². The van der Waals surface area contributed by atoms with Gasteiger partial charge in [0.1, 0.15) is 11.2 Å². The average Bonchev–Trinajstić information content (AvgIpc) is 3.21. The molecule has 18 heavy (non-hydrogen) atoms. The van der Waals surface area contributed by atoms with E-state index in [2.05, 4.69) is 45.2 Å². The highest BCUT2D eigenvalue weighted by Crippen LogP contribution is 2.39. The minimum atomic E-state index is 0.564. The van der Waals surface area contributed by atoms with E-state index in [0.717, 1.165) is 10.5 Å². The number of nitrogens with zero attached hydrogens (tertiary/aromatic N) is 1. The molecule has 3 heteroatoms. The van der Waals surface area contributed by atoms with Crippen molar-refractivity contribution in [3.8, 4) is 5.88 Å². The molecule has 1 saturated carbocycles. The number of hydrogen-bond donors (Lipinski definition) is 0. The molecule has 2 aromatic rings. The van der Waals surface area contributed by atoms with Crippen LogP contribution in [-0.2, 0) is 6.61 Å². The molecule has 1 aromatic carbocycles. The molecule has 0 unspecified atom stereocenters. The fourth-order valence-electron chi connectivity index (χ4n) is 1.93. The quantitative estimate of drug-likeness (QED) is 0.786. The Morgan fingerprint density at radius 1 is 1.11 bits per heavy atom. The number of benzene rings is 1. The molecule has 1 heterocycles. The summed E-state index contributed by atoms with van der Waals surface area (Å²) in [5.74, 6) is 1.46. The normalized spacial score (nSPS) is 14.5. The molecule has 92 valence electrons. The van der Waals surface area contributed by atoms with Crippen molar-refractivity contribution in [2.24, 2.45) is 0 Å². The summed E-state index contributed by atoms with van der Waals surface area (Å²) in [6.07, 6.45) is 2.69. The summed E-state index contributed by atoms with van der Waals surface area (Å²) >= 11 is 3.33. The zero-order valence-corrected chi connectivity index (χ0v) is 11.6. The molecular formula is C15H14BrNO. The molecule has 1 aliphatic carbocycles. The van der Waals surface area contributed by atoms with Crippen LogP contribution >= 0.6 is 15.9 Å². The largest absolute Gasteiger partial charge is 0.473 e. The summed E-state index contributed by atoms with van der Waals surface area (Å²) in [5, 5.41) is 0. The maximum Gasteiger partial charge on any atom is 0.214 e. The lowest BCUT2D eigenvalue weighted by Gasteiger charge is -2.06. The lowest BCUT2D eigenvalue weighted by atomic mass is 10.1. The van der Waals surface area contributed by atoms with Crippen LogP contribution in [0.15, 0.2) is 47.1 Å². The van der Waals surface area contributed by atoms with Crippen molar-refractivity contribution in [3.63, 3.8) is 0 Å². The molecule has 0 amide bonds. The van der Waals surface area contributed by atoms with Gasteiger partial charge >= 0.3 is 0 Å². The second-order valence-electron chi connectivity index (χ2n) is 4.60. The number of rotatable bonds is 4. The maximum atomic E-state index is 5.65. The van der Waals surface area contributed by atoms with Crippen LogP contribution in [0.4, 0.5) is 0 Å². The molecule has 1 aliphatic rings. The summed E-state index contributed by atoms with van der Waals surface area (Å²) in [4.78, 5) is 4.24. The molecule has 0 spiro atoms. The minimum Gasteiger partial charge on any atom is -0.473 e. The first-order valence-electron chi connectivity index (χ1n) is 6.15. The van der Waals surface area contributed by atoms with E-state index in [4.69, 9.17) is 4.74 Å². The third kappa shape index (κ3) is 2.91. The SMILES string of the molecule is Brc1cccc(OCc2ccc(C3CC3)cc2)n1. The van der Waals surface area contributed by atoms with Crippen molar-refractivity contribution >= 4 is 15.9 Å². The number of aromatic nitrogens is 1. The first kappa shape index (κ1) is 11.7. The Kier molecular flexibility index (Phi) is 3.33. The average molecular weight is 304 g/mol. The zero-order chi connectivity index (χ0) is 12.4. The van der Waals surface area contributed by atoms with E-state index in [-0.39, 0.29) is 0 Å². The number of halogens is 1. The van der Waals surface area contributed by atoms with E-state index in [9.17, 15) is 0 Å². The molecule has 0 aliphatic heterocycles. The smallest absolute Gasteiger partial charge is 0.214 e. The van der Waals surface area contributed by atoms with Crippen molar-refractivity contribution in [3.05, 3.63) is 58.2 Å². The molecule has 0 atom stereocenters. The molecule has 2 nitrogen and oxygen atoms in total. The standard InChI is InChI=1S/C15H14BrNO/c16-14-2-1-3-15(17-14)18-10-11-4-6-12(7-5-11)13-8-9-13/h1-7,13H,8-10H2. The van der Waals surface area contributed by atoms with Crippen LogP contribution in [0, 0.1) is 0 Å². The molecule has 0 bridgehead atoms. The van der Waals surface area contributed by atoms with Crippen molar-refractivity contribution < 1.29 is 4.74 Å². The highest BCUT2D eigenvalue weighted by Gasteiger charge is 2.22. The Morgan fingerprint density at radius 3 is 2.56 bits per heavy atom. The van der Waals surface area contributed by atoms with Gasteiger partial charge in [-0.1, -0.05) is 30.3 Å². The van der Waals surface area contributed by atoms with Gasteiger partial charge in [0, 0.05) is 6.07 Å². The molecule has 0 radical (unpaired) electrons. The van der Waals surface area contributed by atoms with Gasteiger partial charge in [-0.2, -0.15) is 0 Å². The second kappa shape index (κ2) is 5.11. The van der Waals surface area contributed by atoms with Gasteiger partial charge in [-0.25, -0.2) is 4.98 Å². The first-order valence-corrected chi connectivity index (χ1v) is 6.95. The summed E-state index contributed by atoms with van der Waals surface area (Å²) in [5.41, 5.74) is 2.64. The van der Waals surface area contributed by atoms with Gasteiger partial charge in [0.25, 0.3) is 0 Å². The minimum absolute atomic E-state index is 0.564. The van der Waals surface area contributed by atoms with Crippen LogP contribution in [0.1, 0.15) is 29.9 Å². The van der Waals surface area contributed by atoms with E-state index in [1.807, 2.05) is 18.2 Å². The Bertz CT molecular complexity index is 534. The van der Waals surface area contributed by atoms with E-state index >= 15 is 0 Å². The van der Waals surface area contributed by atoms with Gasteiger partial charge in [-0.3, -0.25) is 0 Å². The summed E-state index contributed by atoms with van der Waals surface area (Å²) in [6, 6.07) is 14.4. The van der Waals surface area contributed by atoms with Crippen LogP contribution in [0.5, 0.6) is 5.88 Å². The van der Waals surface area contributed by atoms with Crippen LogP contribution in [0.2, 0.25) is 0 Å². The van der Waals surface area contributed by atoms with Gasteiger partial charge in [-0.15, -0.1) is 0 Å². The predicted octanol–water partition coefficient (Wildman–Crippen LogP) is 4.30. The van der Waals surface area contributed by atoms with Crippen molar-refractivity contribution in [2.75, 3.05) is 0 Å². The predicted molar refractivity (Wildman–Crippen MR) is 74.7 cm³/mol. The third-order valence-electron chi connectivity index (χ3n) is 3.10. The van der Waals surface area contributed by atoms with Crippen LogP contribution in [-0.4, -0.2) is 4.98 Å². The number of pyridine rings is 1. The van der Waals surface area contributed by atoms with Gasteiger partial charge < -0.3 is 4.74 Å². The summed E-state index contributed by atoms with van der Waals surface area (Å²) < 4.78 is 6.44. The molecule has 1 fully saturated rings. The highest BCUT2D eigenvalue weighted by molar-refractivity contribution is 9.10. The maximum absolute atomic E-state index is 5.65. The fourth-order valence-corrected chi connectivity index (χ4v) is 2.26. The van der Waals surface area contributed by atoms with Gasteiger partial charge in [0.2, 0.25) is 5.88 Å². The van der Waals surface area contributed by atoms with E-state index < -0.39 is 0 Å².